The van der Waals surface area contributed by atoms with Crippen molar-refractivity contribution in [2.24, 2.45) is 5.73 Å². The Labute approximate surface area is 101 Å². The van der Waals surface area contributed by atoms with Crippen molar-refractivity contribution >= 4 is 11.7 Å². The van der Waals surface area contributed by atoms with Crippen LogP contribution in [0.25, 0.3) is 0 Å². The van der Waals surface area contributed by atoms with E-state index in [4.69, 9.17) is 5.73 Å². The molecule has 0 radical (unpaired) electrons. The molecule has 0 saturated carbocycles. The van der Waals surface area contributed by atoms with Crippen molar-refractivity contribution in [2.45, 2.75) is 19.4 Å². The highest BCUT2D eigenvalue weighted by Gasteiger charge is 2.16. The van der Waals surface area contributed by atoms with Crippen molar-refractivity contribution in [3.8, 4) is 0 Å². The molecule has 0 aromatic carbocycles. The molecule has 2 rings (SSSR count). The van der Waals surface area contributed by atoms with Gasteiger partial charge in [-0.1, -0.05) is 0 Å². The predicted molar refractivity (Wildman–Crippen MR) is 66.7 cm³/mol. The molecular formula is C12H18N4O. The highest BCUT2D eigenvalue weighted by molar-refractivity contribution is 5.81. The quantitative estimate of drug-likeness (QED) is 0.778. The average Bonchev–Trinajstić information content (AvgIpc) is 2.54. The summed E-state index contributed by atoms with van der Waals surface area (Å²) < 4.78 is 0. The monoisotopic (exact) mass is 234 g/mol. The summed E-state index contributed by atoms with van der Waals surface area (Å²) in [6.45, 7) is 3.89. The van der Waals surface area contributed by atoms with E-state index in [0.29, 0.717) is 6.54 Å². The summed E-state index contributed by atoms with van der Waals surface area (Å²) >= 11 is 0. The maximum Gasteiger partial charge on any atom is 0.239 e. The topological polar surface area (TPSA) is 71.2 Å². The van der Waals surface area contributed by atoms with Crippen LogP contribution in [-0.4, -0.2) is 30.5 Å². The Balaban J connectivity index is 2.20. The number of carbonyl (C=O) groups is 1. The van der Waals surface area contributed by atoms with Crippen LogP contribution in [0, 0.1) is 0 Å². The van der Waals surface area contributed by atoms with Gasteiger partial charge in [0, 0.05) is 25.3 Å². The minimum atomic E-state index is -0.0162. The highest BCUT2D eigenvalue weighted by atomic mass is 16.2. The number of hydrogen-bond donors (Lipinski definition) is 2. The number of anilines is 1. The Bertz CT molecular complexity index is 405. The van der Waals surface area contributed by atoms with Gasteiger partial charge in [-0.2, -0.15) is 0 Å². The van der Waals surface area contributed by atoms with E-state index in [1.54, 1.807) is 6.20 Å². The first-order valence-electron chi connectivity index (χ1n) is 5.90. The molecule has 5 nitrogen and oxygen atoms in total. The van der Waals surface area contributed by atoms with Crippen molar-refractivity contribution in [1.82, 2.24) is 10.3 Å². The van der Waals surface area contributed by atoms with Crippen LogP contribution in [0.4, 0.5) is 5.82 Å². The molecule has 1 atom stereocenters. The molecule has 1 aromatic heterocycles. The van der Waals surface area contributed by atoms with Gasteiger partial charge in [-0.15, -0.1) is 0 Å². The van der Waals surface area contributed by atoms with Crippen LogP contribution in [0.2, 0.25) is 0 Å². The van der Waals surface area contributed by atoms with Crippen LogP contribution in [0.1, 0.15) is 24.9 Å². The van der Waals surface area contributed by atoms with Crippen molar-refractivity contribution in [3.63, 3.8) is 0 Å². The third-order valence-corrected chi connectivity index (χ3v) is 2.88. The highest BCUT2D eigenvalue weighted by Crippen LogP contribution is 2.17. The lowest BCUT2D eigenvalue weighted by atomic mass is 10.1. The normalized spacial score (nSPS) is 18.5. The molecule has 1 saturated heterocycles. The number of pyridine rings is 1. The van der Waals surface area contributed by atoms with E-state index >= 15 is 0 Å². The van der Waals surface area contributed by atoms with Gasteiger partial charge in [0.2, 0.25) is 5.91 Å². The minimum absolute atomic E-state index is 0.0162. The number of rotatable bonds is 2. The number of carbonyl (C=O) groups excluding carboxylic acids is 1. The summed E-state index contributed by atoms with van der Waals surface area (Å²) in [5.41, 5.74) is 6.89. The first-order valence-corrected chi connectivity index (χ1v) is 5.90. The molecular weight excluding hydrogens is 216 g/mol. The first-order chi connectivity index (χ1) is 8.16. The predicted octanol–water partition coefficient (Wildman–Crippen LogP) is 0.428. The molecule has 2 heterocycles. The Morgan fingerprint density at radius 2 is 2.41 bits per heavy atom. The summed E-state index contributed by atoms with van der Waals surface area (Å²) in [6, 6.07) is 3.85. The Morgan fingerprint density at radius 1 is 1.59 bits per heavy atom. The number of amides is 1. The van der Waals surface area contributed by atoms with Gasteiger partial charge in [0.25, 0.3) is 0 Å². The van der Waals surface area contributed by atoms with E-state index in [1.807, 2.05) is 24.0 Å². The van der Waals surface area contributed by atoms with E-state index < -0.39 is 0 Å². The van der Waals surface area contributed by atoms with Crippen LogP contribution in [0.3, 0.4) is 0 Å². The summed E-state index contributed by atoms with van der Waals surface area (Å²) in [7, 11) is 0. The standard InChI is InChI=1S/C12H18N4O/c1-9(13)10-3-5-14-11(7-10)16-6-2-4-15-12(17)8-16/h3,5,7,9H,2,4,6,8,13H2,1H3,(H,15,17)/t9-/m0/s1. The molecule has 1 aliphatic rings. The Morgan fingerprint density at radius 3 is 3.18 bits per heavy atom. The number of nitrogens with two attached hydrogens (primary N) is 1. The van der Waals surface area contributed by atoms with E-state index in [0.717, 1.165) is 30.9 Å². The van der Waals surface area contributed by atoms with Crippen LogP contribution in [0.15, 0.2) is 18.3 Å². The first kappa shape index (κ1) is 11.9. The van der Waals surface area contributed by atoms with Gasteiger partial charge in [-0.3, -0.25) is 4.79 Å². The third-order valence-electron chi connectivity index (χ3n) is 2.88. The molecule has 0 bridgehead atoms. The summed E-state index contributed by atoms with van der Waals surface area (Å²) in [6.07, 6.45) is 2.69. The second-order valence-corrected chi connectivity index (χ2v) is 4.36. The summed E-state index contributed by atoms with van der Waals surface area (Å²) in [5, 5.41) is 2.85. The number of nitrogens with zero attached hydrogens (tertiary/aromatic N) is 2. The fourth-order valence-electron chi connectivity index (χ4n) is 1.89. The largest absolute Gasteiger partial charge is 0.354 e. The third kappa shape index (κ3) is 2.94. The van der Waals surface area contributed by atoms with Gasteiger partial charge in [0.15, 0.2) is 0 Å². The van der Waals surface area contributed by atoms with E-state index in [2.05, 4.69) is 10.3 Å². The summed E-state index contributed by atoms with van der Waals surface area (Å²) in [4.78, 5) is 17.8. The molecule has 92 valence electrons. The number of aromatic nitrogens is 1. The van der Waals surface area contributed by atoms with Crippen molar-refractivity contribution in [1.29, 1.82) is 0 Å². The molecule has 1 amide bonds. The maximum atomic E-state index is 11.5. The van der Waals surface area contributed by atoms with E-state index in [1.165, 1.54) is 0 Å². The van der Waals surface area contributed by atoms with Gasteiger partial charge in [0.1, 0.15) is 5.82 Å². The molecule has 1 fully saturated rings. The van der Waals surface area contributed by atoms with Gasteiger partial charge in [-0.05, 0) is 31.0 Å². The van der Waals surface area contributed by atoms with Gasteiger partial charge >= 0.3 is 0 Å². The fourth-order valence-corrected chi connectivity index (χ4v) is 1.89. The molecule has 17 heavy (non-hydrogen) atoms. The average molecular weight is 234 g/mol. The minimum Gasteiger partial charge on any atom is -0.354 e. The summed E-state index contributed by atoms with van der Waals surface area (Å²) in [5.74, 6) is 0.882. The van der Waals surface area contributed by atoms with Gasteiger partial charge in [0.05, 0.1) is 6.54 Å². The van der Waals surface area contributed by atoms with Crippen molar-refractivity contribution in [3.05, 3.63) is 23.9 Å². The number of hydrogen-bond acceptors (Lipinski definition) is 4. The van der Waals surface area contributed by atoms with Gasteiger partial charge in [-0.25, -0.2) is 4.98 Å². The van der Waals surface area contributed by atoms with Crippen LogP contribution < -0.4 is 16.0 Å². The van der Waals surface area contributed by atoms with Crippen molar-refractivity contribution < 1.29 is 4.79 Å². The molecule has 0 spiro atoms. The molecule has 5 heteroatoms. The fraction of sp³-hybridized carbons (Fsp3) is 0.500. The lowest BCUT2D eigenvalue weighted by Crippen LogP contribution is -2.33. The maximum absolute atomic E-state index is 11.5. The number of nitrogens with one attached hydrogen (secondary N) is 1. The molecule has 3 N–H and O–H groups in total. The zero-order valence-electron chi connectivity index (χ0n) is 10.0. The zero-order valence-corrected chi connectivity index (χ0v) is 10.0. The smallest absolute Gasteiger partial charge is 0.239 e. The molecule has 0 aliphatic carbocycles. The second-order valence-electron chi connectivity index (χ2n) is 4.36. The SMILES string of the molecule is C[C@H](N)c1ccnc(N2CCCNC(=O)C2)c1. The van der Waals surface area contributed by atoms with Crippen molar-refractivity contribution in [2.75, 3.05) is 24.5 Å². The van der Waals surface area contributed by atoms with E-state index in [-0.39, 0.29) is 11.9 Å². The zero-order chi connectivity index (χ0) is 12.3. The molecule has 1 aromatic rings. The van der Waals surface area contributed by atoms with Gasteiger partial charge < -0.3 is 16.0 Å². The van der Waals surface area contributed by atoms with E-state index in [9.17, 15) is 4.79 Å². The Kier molecular flexibility index (Phi) is 3.58. The van der Waals surface area contributed by atoms with Crippen LogP contribution in [-0.2, 0) is 4.79 Å². The molecule has 1 aliphatic heterocycles. The lowest BCUT2D eigenvalue weighted by molar-refractivity contribution is -0.119. The molecule has 0 unspecified atom stereocenters. The second kappa shape index (κ2) is 5.14. The lowest BCUT2D eigenvalue weighted by Gasteiger charge is -2.21. The van der Waals surface area contributed by atoms with Crippen LogP contribution in [0.5, 0.6) is 0 Å². The Hall–Kier alpha value is -1.62. The van der Waals surface area contributed by atoms with Crippen LogP contribution >= 0.6 is 0 Å².